The summed E-state index contributed by atoms with van der Waals surface area (Å²) in [6.07, 6.45) is 1.53. The maximum atomic E-state index is 10.5. The van der Waals surface area contributed by atoms with Gasteiger partial charge in [-0.05, 0) is 24.1 Å². The average Bonchev–Trinajstić information content (AvgIpc) is 2.89. The zero-order valence-corrected chi connectivity index (χ0v) is 15.1. The van der Waals surface area contributed by atoms with Crippen molar-refractivity contribution in [2.24, 2.45) is 7.05 Å². The number of hydrogen-bond donors (Lipinski definition) is 1. The molecule has 1 aromatic heterocycles. The Labute approximate surface area is 149 Å². The number of ether oxygens (including phenoxy) is 1. The summed E-state index contributed by atoms with van der Waals surface area (Å²) in [4.78, 5) is 0. The Hall–Kier alpha value is -2.17. The van der Waals surface area contributed by atoms with Crippen molar-refractivity contribution in [3.8, 4) is 0 Å². The number of aliphatic hydroxyl groups excluding tert-OH is 1. The highest BCUT2D eigenvalue weighted by Gasteiger charge is 2.23. The van der Waals surface area contributed by atoms with Crippen LogP contribution in [0.1, 0.15) is 24.7 Å². The molecule has 0 saturated heterocycles. The lowest BCUT2D eigenvalue weighted by Gasteiger charge is -2.11. The normalized spacial score (nSPS) is 12.6. The summed E-state index contributed by atoms with van der Waals surface area (Å²) in [7, 11) is 2.10. The van der Waals surface area contributed by atoms with E-state index >= 15 is 0 Å². The van der Waals surface area contributed by atoms with Crippen molar-refractivity contribution in [2.75, 3.05) is 6.61 Å². The van der Waals surface area contributed by atoms with Gasteiger partial charge in [0, 0.05) is 6.42 Å². The molecule has 0 saturated carbocycles. The minimum Gasteiger partial charge on any atom is -0.387 e. The molecule has 0 fully saturated rings. The Kier molecular flexibility index (Phi) is 5.84. The SMILES string of the molecule is CCCc1n(C[C@H](O)COCc2ccccc2)c2ccccc2[n+]1C. The van der Waals surface area contributed by atoms with E-state index in [1.165, 1.54) is 11.3 Å². The summed E-state index contributed by atoms with van der Waals surface area (Å²) in [5, 5.41) is 10.5. The lowest BCUT2D eigenvalue weighted by Crippen LogP contribution is -2.34. The Morgan fingerprint density at radius 1 is 1.08 bits per heavy atom. The molecule has 0 bridgehead atoms. The molecule has 0 unspecified atom stereocenters. The number of benzene rings is 2. The second-order valence-corrected chi connectivity index (χ2v) is 6.48. The van der Waals surface area contributed by atoms with Crippen LogP contribution in [0.4, 0.5) is 0 Å². The van der Waals surface area contributed by atoms with Gasteiger partial charge in [-0.2, -0.15) is 0 Å². The van der Waals surface area contributed by atoms with Gasteiger partial charge in [0.2, 0.25) is 0 Å². The number of fused-ring (bicyclic) bond motifs is 1. The van der Waals surface area contributed by atoms with E-state index in [9.17, 15) is 5.11 Å². The summed E-state index contributed by atoms with van der Waals surface area (Å²) in [5.41, 5.74) is 3.48. The van der Waals surface area contributed by atoms with Gasteiger partial charge in [-0.3, -0.25) is 0 Å². The summed E-state index contributed by atoms with van der Waals surface area (Å²) < 4.78 is 10.2. The molecule has 1 heterocycles. The van der Waals surface area contributed by atoms with Crippen molar-refractivity contribution in [1.82, 2.24) is 4.57 Å². The van der Waals surface area contributed by atoms with Crippen LogP contribution in [0.15, 0.2) is 54.6 Å². The van der Waals surface area contributed by atoms with E-state index in [1.807, 2.05) is 36.4 Å². The van der Waals surface area contributed by atoms with Crippen LogP contribution in [0.5, 0.6) is 0 Å². The second-order valence-electron chi connectivity index (χ2n) is 6.48. The van der Waals surface area contributed by atoms with Crippen LogP contribution in [-0.4, -0.2) is 22.4 Å². The number of para-hydroxylation sites is 2. The predicted molar refractivity (Wildman–Crippen MR) is 99.2 cm³/mol. The minimum absolute atomic E-state index is 0.330. The lowest BCUT2D eigenvalue weighted by atomic mass is 10.2. The molecule has 0 aliphatic carbocycles. The Bertz CT molecular complexity index is 811. The van der Waals surface area contributed by atoms with Gasteiger partial charge in [0.1, 0.15) is 12.6 Å². The second kappa shape index (κ2) is 8.28. The van der Waals surface area contributed by atoms with E-state index < -0.39 is 6.10 Å². The van der Waals surface area contributed by atoms with Crippen molar-refractivity contribution >= 4 is 11.0 Å². The van der Waals surface area contributed by atoms with Crippen molar-refractivity contribution in [3.63, 3.8) is 0 Å². The van der Waals surface area contributed by atoms with Crippen LogP contribution >= 0.6 is 0 Å². The van der Waals surface area contributed by atoms with Crippen LogP contribution in [0, 0.1) is 0 Å². The molecule has 0 spiro atoms. The van der Waals surface area contributed by atoms with Gasteiger partial charge in [0.05, 0.1) is 20.3 Å². The quantitative estimate of drug-likeness (QED) is 0.641. The molecule has 25 heavy (non-hydrogen) atoms. The molecule has 1 atom stereocenters. The average molecular weight is 339 g/mol. The highest BCUT2D eigenvalue weighted by atomic mass is 16.5. The van der Waals surface area contributed by atoms with Gasteiger partial charge in [-0.25, -0.2) is 9.13 Å². The zero-order valence-electron chi connectivity index (χ0n) is 15.1. The Morgan fingerprint density at radius 2 is 1.80 bits per heavy atom. The zero-order chi connectivity index (χ0) is 17.6. The molecule has 0 amide bonds. The highest BCUT2D eigenvalue weighted by Crippen LogP contribution is 2.16. The summed E-state index contributed by atoms with van der Waals surface area (Å²) in [6, 6.07) is 18.4. The van der Waals surface area contributed by atoms with Crippen LogP contribution in [0.2, 0.25) is 0 Å². The monoisotopic (exact) mass is 339 g/mol. The number of imidazole rings is 1. The Morgan fingerprint density at radius 3 is 2.56 bits per heavy atom. The maximum absolute atomic E-state index is 10.5. The topological polar surface area (TPSA) is 38.3 Å². The molecule has 132 valence electrons. The lowest BCUT2D eigenvalue weighted by molar-refractivity contribution is -0.654. The number of aromatic nitrogens is 2. The molecule has 1 N–H and O–H groups in total. The summed E-state index contributed by atoms with van der Waals surface area (Å²) >= 11 is 0. The van der Waals surface area contributed by atoms with Crippen LogP contribution in [0.25, 0.3) is 11.0 Å². The van der Waals surface area contributed by atoms with Crippen molar-refractivity contribution in [1.29, 1.82) is 0 Å². The van der Waals surface area contributed by atoms with E-state index in [0.29, 0.717) is 19.8 Å². The van der Waals surface area contributed by atoms with Gasteiger partial charge in [0.15, 0.2) is 11.0 Å². The summed E-state index contributed by atoms with van der Waals surface area (Å²) in [5.74, 6) is 1.24. The molecular weight excluding hydrogens is 312 g/mol. The molecule has 4 nitrogen and oxygen atoms in total. The van der Waals surface area contributed by atoms with E-state index in [1.54, 1.807) is 0 Å². The molecule has 4 heteroatoms. The summed E-state index contributed by atoms with van der Waals surface area (Å²) in [6.45, 7) is 3.59. The van der Waals surface area contributed by atoms with E-state index in [-0.39, 0.29) is 0 Å². The van der Waals surface area contributed by atoms with Crippen LogP contribution < -0.4 is 4.57 Å². The van der Waals surface area contributed by atoms with Crippen LogP contribution in [0.3, 0.4) is 0 Å². The van der Waals surface area contributed by atoms with Crippen molar-refractivity contribution in [2.45, 2.75) is 39.0 Å². The smallest absolute Gasteiger partial charge is 0.257 e. The first-order chi connectivity index (χ1) is 12.2. The molecule has 0 radical (unpaired) electrons. The predicted octanol–water partition coefficient (Wildman–Crippen LogP) is 3.00. The van der Waals surface area contributed by atoms with Gasteiger partial charge < -0.3 is 9.84 Å². The first kappa shape index (κ1) is 17.6. The van der Waals surface area contributed by atoms with E-state index in [4.69, 9.17) is 4.74 Å². The number of hydrogen-bond acceptors (Lipinski definition) is 2. The third-order valence-corrected chi connectivity index (χ3v) is 4.52. The first-order valence-corrected chi connectivity index (χ1v) is 8.96. The van der Waals surface area contributed by atoms with Crippen molar-refractivity contribution in [3.05, 3.63) is 66.0 Å². The standard InChI is InChI=1S/C21H27N2O2/c1-3-9-21-22(2)19-12-7-8-13-20(19)23(21)14-18(24)16-25-15-17-10-5-4-6-11-17/h4-8,10-13,18,24H,3,9,14-16H2,1-2H3/q+1/t18-/m0/s1. The number of aliphatic hydroxyl groups is 1. The highest BCUT2D eigenvalue weighted by molar-refractivity contribution is 5.72. The third kappa shape index (κ3) is 4.09. The number of aryl methyl sites for hydroxylation is 1. The first-order valence-electron chi connectivity index (χ1n) is 8.96. The molecule has 3 aromatic rings. The maximum Gasteiger partial charge on any atom is 0.257 e. The molecule has 2 aromatic carbocycles. The largest absolute Gasteiger partial charge is 0.387 e. The van der Waals surface area contributed by atoms with Gasteiger partial charge >= 0.3 is 0 Å². The van der Waals surface area contributed by atoms with Gasteiger partial charge in [-0.15, -0.1) is 0 Å². The fourth-order valence-electron chi connectivity index (χ4n) is 3.32. The molecule has 3 rings (SSSR count). The van der Waals surface area contributed by atoms with Crippen molar-refractivity contribution < 1.29 is 14.4 Å². The molecule has 0 aliphatic rings. The fourth-order valence-corrected chi connectivity index (χ4v) is 3.32. The minimum atomic E-state index is -0.532. The van der Waals surface area contributed by atoms with E-state index in [0.717, 1.165) is 23.9 Å². The number of rotatable bonds is 8. The van der Waals surface area contributed by atoms with Gasteiger partial charge in [-0.1, -0.05) is 49.4 Å². The van der Waals surface area contributed by atoms with E-state index in [2.05, 4.69) is 41.3 Å². The fraction of sp³-hybridized carbons (Fsp3) is 0.381. The number of nitrogens with zero attached hydrogens (tertiary/aromatic N) is 2. The third-order valence-electron chi connectivity index (χ3n) is 4.52. The molecular formula is C21H27N2O2+. The Balaban J connectivity index is 1.70. The van der Waals surface area contributed by atoms with Gasteiger partial charge in [0.25, 0.3) is 5.82 Å². The van der Waals surface area contributed by atoms with Crippen LogP contribution in [-0.2, 0) is 31.4 Å². The molecule has 0 aliphatic heterocycles.